The van der Waals surface area contributed by atoms with Gasteiger partial charge in [0, 0.05) is 42.2 Å². The van der Waals surface area contributed by atoms with E-state index in [2.05, 4.69) is 10.6 Å². The first-order chi connectivity index (χ1) is 23.1. The Bertz CT molecular complexity index is 1830. The topological polar surface area (TPSA) is 149 Å². The molecular weight excluding hydrogens is 640 g/mol. The molecular formula is C35H33ClN4O8. The zero-order chi connectivity index (χ0) is 34.2. The van der Waals surface area contributed by atoms with Crippen LogP contribution in [0.1, 0.15) is 27.0 Å². The van der Waals surface area contributed by atoms with E-state index in [0.29, 0.717) is 28.5 Å². The lowest BCUT2D eigenvalue weighted by molar-refractivity contribution is -0.385. The van der Waals surface area contributed by atoms with E-state index < -0.39 is 28.7 Å². The lowest BCUT2D eigenvalue weighted by atomic mass is 10.0. The number of amides is 3. The predicted octanol–water partition coefficient (Wildman–Crippen LogP) is 5.10. The van der Waals surface area contributed by atoms with Crippen LogP contribution in [0, 0.1) is 10.1 Å². The summed E-state index contributed by atoms with van der Waals surface area (Å²) in [4.78, 5) is 53.6. The number of nitrogens with one attached hydrogen (secondary N) is 2. The molecule has 1 heterocycles. The van der Waals surface area contributed by atoms with Crippen LogP contribution in [0.15, 0.2) is 84.9 Å². The SMILES string of the molecule is COc1ccc(CCN2CC(=O)NC(C(=O)NCc3ccc(Cl)cc3)Cc3cccc(c3)Oc3cc(ccc3[N+](=O)[O-])C2=O)cc1OC. The molecule has 0 fully saturated rings. The number of nitro groups is 1. The van der Waals surface area contributed by atoms with E-state index in [4.69, 9.17) is 25.8 Å². The van der Waals surface area contributed by atoms with E-state index in [-0.39, 0.29) is 48.8 Å². The second-order valence-corrected chi connectivity index (χ2v) is 11.5. The molecule has 2 N–H and O–H groups in total. The lowest BCUT2D eigenvalue weighted by Crippen LogP contribution is -2.51. The van der Waals surface area contributed by atoms with Gasteiger partial charge in [0.2, 0.25) is 17.6 Å². The van der Waals surface area contributed by atoms with Crippen LogP contribution in [-0.2, 0) is 29.0 Å². The first-order valence-corrected chi connectivity index (χ1v) is 15.4. The Morgan fingerprint density at radius 2 is 1.75 bits per heavy atom. The van der Waals surface area contributed by atoms with Gasteiger partial charge in [-0.3, -0.25) is 24.5 Å². The molecule has 4 aromatic rings. The number of methoxy groups -OCH3 is 2. The molecule has 3 amide bonds. The Hall–Kier alpha value is -5.62. The van der Waals surface area contributed by atoms with Crippen LogP contribution in [0.3, 0.4) is 0 Å². The molecule has 1 unspecified atom stereocenters. The van der Waals surface area contributed by atoms with Gasteiger partial charge in [-0.1, -0.05) is 41.9 Å². The number of hydrogen-bond acceptors (Lipinski definition) is 8. The number of hydrogen-bond donors (Lipinski definition) is 2. The van der Waals surface area contributed by atoms with Gasteiger partial charge in [-0.15, -0.1) is 0 Å². The molecule has 0 spiro atoms. The molecule has 4 aromatic carbocycles. The van der Waals surface area contributed by atoms with Gasteiger partial charge < -0.3 is 29.7 Å². The number of carbonyl (C=O) groups excluding carboxylic acids is 3. The Labute approximate surface area is 281 Å². The van der Waals surface area contributed by atoms with Gasteiger partial charge in [0.15, 0.2) is 11.5 Å². The number of benzene rings is 4. The minimum absolute atomic E-state index is 0.0805. The van der Waals surface area contributed by atoms with Crippen molar-refractivity contribution in [2.45, 2.75) is 25.4 Å². The largest absolute Gasteiger partial charge is 0.493 e. The van der Waals surface area contributed by atoms with Crippen molar-refractivity contribution in [2.24, 2.45) is 0 Å². The number of ether oxygens (including phenoxy) is 3. The summed E-state index contributed by atoms with van der Waals surface area (Å²) >= 11 is 5.99. The van der Waals surface area contributed by atoms with Crippen LogP contribution in [0.2, 0.25) is 5.02 Å². The lowest BCUT2D eigenvalue weighted by Gasteiger charge is -2.25. The van der Waals surface area contributed by atoms with Crippen LogP contribution in [-0.4, -0.2) is 60.9 Å². The number of fused-ring (bicyclic) bond motifs is 4. The van der Waals surface area contributed by atoms with E-state index in [1.807, 2.05) is 6.07 Å². The molecule has 0 aromatic heterocycles. The Kier molecular flexibility index (Phi) is 10.8. The normalized spacial score (nSPS) is 14.6. The van der Waals surface area contributed by atoms with Gasteiger partial charge in [0.25, 0.3) is 5.91 Å². The maximum atomic E-state index is 13.9. The van der Waals surface area contributed by atoms with E-state index in [0.717, 1.165) is 11.1 Å². The molecule has 13 heteroatoms. The fourth-order valence-corrected chi connectivity index (χ4v) is 5.38. The fraction of sp³-hybridized carbons (Fsp3) is 0.229. The van der Waals surface area contributed by atoms with Crippen molar-refractivity contribution in [1.29, 1.82) is 0 Å². The zero-order valence-electron chi connectivity index (χ0n) is 26.2. The molecule has 1 aliphatic rings. The van der Waals surface area contributed by atoms with Crippen LogP contribution >= 0.6 is 11.6 Å². The van der Waals surface area contributed by atoms with Crippen LogP contribution in [0.25, 0.3) is 0 Å². The third kappa shape index (κ3) is 8.39. The summed E-state index contributed by atoms with van der Waals surface area (Å²) in [6.45, 7) is -0.0958. The molecule has 12 nitrogen and oxygen atoms in total. The van der Waals surface area contributed by atoms with E-state index in [9.17, 15) is 24.5 Å². The van der Waals surface area contributed by atoms with Crippen molar-refractivity contribution in [3.63, 3.8) is 0 Å². The smallest absolute Gasteiger partial charge is 0.311 e. The summed E-state index contributed by atoms with van der Waals surface area (Å²) < 4.78 is 16.7. The molecule has 0 saturated carbocycles. The van der Waals surface area contributed by atoms with E-state index in [1.165, 1.54) is 37.3 Å². The van der Waals surface area contributed by atoms with Crippen LogP contribution in [0.5, 0.6) is 23.0 Å². The van der Waals surface area contributed by atoms with Crippen molar-refractivity contribution in [2.75, 3.05) is 27.3 Å². The van der Waals surface area contributed by atoms with Crippen molar-refractivity contribution >= 4 is 35.0 Å². The molecule has 48 heavy (non-hydrogen) atoms. The summed E-state index contributed by atoms with van der Waals surface area (Å²) in [5.74, 6) is -0.392. The summed E-state index contributed by atoms with van der Waals surface area (Å²) in [5.41, 5.74) is 2.01. The Morgan fingerprint density at radius 3 is 2.48 bits per heavy atom. The minimum Gasteiger partial charge on any atom is -0.493 e. The monoisotopic (exact) mass is 672 g/mol. The van der Waals surface area contributed by atoms with E-state index >= 15 is 0 Å². The summed E-state index contributed by atoms with van der Waals surface area (Å²) in [5, 5.41) is 18.1. The molecule has 5 rings (SSSR count). The highest BCUT2D eigenvalue weighted by Crippen LogP contribution is 2.33. The number of nitro benzene ring substituents is 1. The van der Waals surface area contributed by atoms with Gasteiger partial charge in [-0.25, -0.2) is 0 Å². The maximum Gasteiger partial charge on any atom is 0.311 e. The third-order valence-corrected chi connectivity index (χ3v) is 7.99. The number of halogens is 1. The van der Waals surface area contributed by atoms with Gasteiger partial charge in [-0.2, -0.15) is 0 Å². The van der Waals surface area contributed by atoms with Crippen LogP contribution < -0.4 is 24.8 Å². The molecule has 1 aliphatic heterocycles. The Morgan fingerprint density at radius 1 is 1.00 bits per heavy atom. The summed E-state index contributed by atoms with van der Waals surface area (Å²) in [6.07, 6.45) is 0.419. The maximum absolute atomic E-state index is 13.9. The molecule has 0 aliphatic carbocycles. The molecule has 1 atom stereocenters. The van der Waals surface area contributed by atoms with Crippen molar-refractivity contribution < 1.29 is 33.5 Å². The molecule has 4 bridgehead atoms. The quantitative estimate of drug-likeness (QED) is 0.184. The van der Waals surface area contributed by atoms with Crippen molar-refractivity contribution in [3.05, 3.63) is 122 Å². The van der Waals surface area contributed by atoms with Gasteiger partial charge >= 0.3 is 5.69 Å². The predicted molar refractivity (Wildman–Crippen MR) is 178 cm³/mol. The highest BCUT2D eigenvalue weighted by Gasteiger charge is 2.27. The number of rotatable bonds is 9. The minimum atomic E-state index is -1.02. The molecule has 248 valence electrons. The highest BCUT2D eigenvalue weighted by atomic mass is 35.5. The highest BCUT2D eigenvalue weighted by molar-refractivity contribution is 6.30. The van der Waals surface area contributed by atoms with Gasteiger partial charge in [-0.05, 0) is 65.6 Å². The Balaban J connectivity index is 1.47. The second kappa shape index (κ2) is 15.3. The second-order valence-electron chi connectivity index (χ2n) is 11.0. The van der Waals surface area contributed by atoms with Crippen molar-refractivity contribution in [1.82, 2.24) is 15.5 Å². The van der Waals surface area contributed by atoms with Crippen LogP contribution in [0.4, 0.5) is 5.69 Å². The molecule has 0 radical (unpaired) electrons. The summed E-state index contributed by atoms with van der Waals surface area (Å²) in [7, 11) is 3.04. The number of carbonyl (C=O) groups is 3. The average Bonchev–Trinajstić information content (AvgIpc) is 3.08. The third-order valence-electron chi connectivity index (χ3n) is 7.74. The van der Waals surface area contributed by atoms with Gasteiger partial charge in [0.1, 0.15) is 11.8 Å². The standard InChI is InChI=1S/C35H33ClN4O8/c1-46-30-13-8-22(18-32(30)47-2)14-15-39-21-33(41)38-28(34(42)37-20-23-6-10-26(36)11-7-23)17-24-4-3-5-27(16-24)48-31-19-25(35(39)43)9-12-29(31)40(44)45/h3-13,16,18-19,28H,14-15,17,20-21H2,1-2H3,(H,37,42)(H,38,41). The zero-order valence-corrected chi connectivity index (χ0v) is 27.0. The van der Waals surface area contributed by atoms with Gasteiger partial charge in [0.05, 0.1) is 25.7 Å². The van der Waals surface area contributed by atoms with Crippen molar-refractivity contribution in [3.8, 4) is 23.0 Å². The average molecular weight is 673 g/mol. The number of nitrogens with zero attached hydrogens (tertiary/aromatic N) is 2. The first-order valence-electron chi connectivity index (χ1n) is 15.0. The van der Waals surface area contributed by atoms with E-state index in [1.54, 1.807) is 60.7 Å². The first kappa shape index (κ1) is 33.7. The fourth-order valence-electron chi connectivity index (χ4n) is 5.25. The summed E-state index contributed by atoms with van der Waals surface area (Å²) in [6, 6.07) is 21.8. The molecule has 0 saturated heterocycles.